The van der Waals surface area contributed by atoms with Gasteiger partial charge in [0.1, 0.15) is 0 Å². The Kier molecular flexibility index (Phi) is 6.06. The van der Waals surface area contributed by atoms with E-state index in [4.69, 9.17) is 7.85 Å². The topological polar surface area (TPSA) is 81.7 Å². The predicted molar refractivity (Wildman–Crippen MR) is 69.3 cm³/mol. The van der Waals surface area contributed by atoms with Crippen LogP contribution in [-0.2, 0) is 23.9 Å². The van der Waals surface area contributed by atoms with Gasteiger partial charge in [0.15, 0.2) is 0 Å². The molecule has 0 saturated heterocycles. The molecule has 0 spiro atoms. The SMILES string of the molecule is [B]C(C)(C)CC(C)(C)NC(=O)C(=O)OC(C)OC=O. The number of ether oxygens (including phenoxy) is 2. The Bertz CT molecular complexity index is 349. The molecule has 6 nitrogen and oxygen atoms in total. The minimum Gasteiger partial charge on any atom is -0.428 e. The molecular weight excluding hydrogens is 249 g/mol. The summed E-state index contributed by atoms with van der Waals surface area (Å²) in [4.78, 5) is 33.0. The molecule has 0 rings (SSSR count). The fourth-order valence-corrected chi connectivity index (χ4v) is 1.85. The number of carbonyl (C=O) groups excluding carboxylic acids is 3. The maximum Gasteiger partial charge on any atom is 0.399 e. The predicted octanol–water partition coefficient (Wildman–Crippen LogP) is 0.700. The van der Waals surface area contributed by atoms with Gasteiger partial charge >= 0.3 is 11.9 Å². The van der Waals surface area contributed by atoms with Crippen molar-refractivity contribution in [3.63, 3.8) is 0 Å². The maximum atomic E-state index is 11.6. The lowest BCUT2D eigenvalue weighted by molar-refractivity contribution is -0.180. The van der Waals surface area contributed by atoms with E-state index in [1.807, 2.05) is 13.8 Å². The third-order valence-electron chi connectivity index (χ3n) is 2.06. The summed E-state index contributed by atoms with van der Waals surface area (Å²) in [6, 6.07) is 0. The fraction of sp³-hybridized carbons (Fsp3) is 0.750. The molecule has 0 saturated carbocycles. The quantitative estimate of drug-likeness (QED) is 0.252. The average molecular weight is 269 g/mol. The van der Waals surface area contributed by atoms with Crippen LogP contribution in [0, 0.1) is 0 Å². The molecule has 0 aromatic heterocycles. The summed E-state index contributed by atoms with van der Waals surface area (Å²) in [5, 5.41) is 2.03. The molecule has 0 aliphatic heterocycles. The van der Waals surface area contributed by atoms with E-state index in [2.05, 4.69) is 14.8 Å². The molecule has 7 heteroatoms. The molecule has 19 heavy (non-hydrogen) atoms. The summed E-state index contributed by atoms with van der Waals surface area (Å²) in [7, 11) is 5.87. The summed E-state index contributed by atoms with van der Waals surface area (Å²) in [6.45, 7) is 8.60. The van der Waals surface area contributed by atoms with Crippen LogP contribution in [0.2, 0.25) is 5.31 Å². The summed E-state index contributed by atoms with van der Waals surface area (Å²) >= 11 is 0. The fourth-order valence-electron chi connectivity index (χ4n) is 1.85. The lowest BCUT2D eigenvalue weighted by Gasteiger charge is -2.33. The average Bonchev–Trinajstić information content (AvgIpc) is 2.12. The third kappa shape index (κ3) is 8.23. The van der Waals surface area contributed by atoms with Crippen LogP contribution in [0.15, 0.2) is 0 Å². The Balaban J connectivity index is 4.43. The summed E-state index contributed by atoms with van der Waals surface area (Å²) < 4.78 is 8.94. The van der Waals surface area contributed by atoms with Crippen molar-refractivity contribution in [1.82, 2.24) is 5.32 Å². The van der Waals surface area contributed by atoms with Crippen molar-refractivity contribution in [2.24, 2.45) is 0 Å². The van der Waals surface area contributed by atoms with Gasteiger partial charge in [-0.2, -0.15) is 0 Å². The van der Waals surface area contributed by atoms with Gasteiger partial charge in [-0.25, -0.2) is 4.79 Å². The number of hydrogen-bond donors (Lipinski definition) is 1. The Morgan fingerprint density at radius 2 is 1.84 bits per heavy atom. The highest BCUT2D eigenvalue weighted by molar-refractivity contribution is 6.32. The first-order chi connectivity index (χ1) is 8.47. The minimum atomic E-state index is -1.11. The van der Waals surface area contributed by atoms with Crippen molar-refractivity contribution in [2.45, 2.75) is 58.2 Å². The van der Waals surface area contributed by atoms with Crippen molar-refractivity contribution < 1.29 is 23.9 Å². The highest BCUT2D eigenvalue weighted by Crippen LogP contribution is 2.30. The molecule has 1 N–H and O–H groups in total. The second-order valence-electron chi connectivity index (χ2n) is 5.71. The number of amides is 1. The van der Waals surface area contributed by atoms with Crippen molar-refractivity contribution in [3.8, 4) is 0 Å². The molecule has 1 unspecified atom stereocenters. The van der Waals surface area contributed by atoms with Crippen LogP contribution in [-0.4, -0.2) is 38.0 Å². The summed E-state index contributed by atoms with van der Waals surface area (Å²) in [6.07, 6.45) is -0.635. The van der Waals surface area contributed by atoms with E-state index in [0.717, 1.165) is 0 Å². The third-order valence-corrected chi connectivity index (χ3v) is 2.06. The molecule has 0 aromatic carbocycles. The highest BCUT2D eigenvalue weighted by atomic mass is 16.7. The smallest absolute Gasteiger partial charge is 0.399 e. The van der Waals surface area contributed by atoms with Gasteiger partial charge in [0.2, 0.25) is 6.29 Å². The van der Waals surface area contributed by atoms with E-state index < -0.39 is 29.0 Å². The number of hydrogen-bond acceptors (Lipinski definition) is 5. The number of nitrogens with one attached hydrogen (secondary N) is 1. The van der Waals surface area contributed by atoms with E-state index in [1.165, 1.54) is 6.92 Å². The first-order valence-electron chi connectivity index (χ1n) is 5.88. The number of rotatable bonds is 6. The Hall–Kier alpha value is -1.53. The zero-order valence-corrected chi connectivity index (χ0v) is 12.0. The van der Waals surface area contributed by atoms with Gasteiger partial charge in [0.05, 0.1) is 7.85 Å². The first kappa shape index (κ1) is 17.5. The lowest BCUT2D eigenvalue weighted by Crippen LogP contribution is -2.48. The van der Waals surface area contributed by atoms with E-state index in [0.29, 0.717) is 6.42 Å². The van der Waals surface area contributed by atoms with E-state index in [-0.39, 0.29) is 6.47 Å². The van der Waals surface area contributed by atoms with E-state index >= 15 is 0 Å². The molecule has 0 aromatic rings. The first-order valence-corrected chi connectivity index (χ1v) is 5.88. The van der Waals surface area contributed by atoms with Crippen LogP contribution in [0.1, 0.15) is 41.0 Å². The molecule has 0 bridgehead atoms. The molecule has 1 amide bonds. The largest absolute Gasteiger partial charge is 0.428 e. The normalized spacial score (nSPS) is 13.3. The van der Waals surface area contributed by atoms with Crippen molar-refractivity contribution in [2.75, 3.05) is 0 Å². The zero-order valence-electron chi connectivity index (χ0n) is 12.0. The zero-order chi connectivity index (χ0) is 15.3. The van der Waals surface area contributed by atoms with Crippen molar-refractivity contribution in [1.29, 1.82) is 0 Å². The van der Waals surface area contributed by atoms with Crippen LogP contribution in [0.3, 0.4) is 0 Å². The van der Waals surface area contributed by atoms with Gasteiger partial charge in [0.25, 0.3) is 6.47 Å². The summed E-state index contributed by atoms with van der Waals surface area (Å²) in [5.41, 5.74) is -0.664. The second kappa shape index (κ2) is 6.59. The van der Waals surface area contributed by atoms with Gasteiger partial charge in [0, 0.05) is 12.5 Å². The van der Waals surface area contributed by atoms with Crippen LogP contribution >= 0.6 is 0 Å². The molecule has 0 heterocycles. The maximum absolute atomic E-state index is 11.6. The van der Waals surface area contributed by atoms with Gasteiger partial charge in [-0.15, -0.1) is 0 Å². The van der Waals surface area contributed by atoms with Crippen LogP contribution < -0.4 is 5.32 Å². The van der Waals surface area contributed by atoms with Crippen LogP contribution in [0.25, 0.3) is 0 Å². The van der Waals surface area contributed by atoms with Crippen molar-refractivity contribution >= 4 is 26.2 Å². The molecule has 0 aliphatic carbocycles. The molecule has 2 radical (unpaired) electrons. The van der Waals surface area contributed by atoms with Crippen LogP contribution in [0.4, 0.5) is 0 Å². The Morgan fingerprint density at radius 1 is 1.32 bits per heavy atom. The van der Waals surface area contributed by atoms with Gasteiger partial charge in [-0.05, 0) is 20.3 Å². The van der Waals surface area contributed by atoms with Crippen molar-refractivity contribution in [3.05, 3.63) is 0 Å². The molecule has 0 fully saturated rings. The van der Waals surface area contributed by atoms with E-state index in [9.17, 15) is 14.4 Å². The molecule has 1 atom stereocenters. The number of esters is 1. The Labute approximate surface area is 114 Å². The molecule has 0 aliphatic rings. The minimum absolute atomic E-state index is 0.136. The lowest BCUT2D eigenvalue weighted by atomic mass is 9.66. The van der Waals surface area contributed by atoms with Gasteiger partial charge in [-0.3, -0.25) is 9.59 Å². The standard InChI is InChI=1S/C12H20BNO5/c1-8(18-7-15)19-10(17)9(16)14-12(4,5)6-11(2,3)13/h7-8H,6H2,1-5H3,(H,14,16). The van der Waals surface area contributed by atoms with Gasteiger partial charge in [-0.1, -0.05) is 19.2 Å². The van der Waals surface area contributed by atoms with E-state index in [1.54, 1.807) is 13.8 Å². The van der Waals surface area contributed by atoms with Gasteiger partial charge < -0.3 is 14.8 Å². The second-order valence-corrected chi connectivity index (χ2v) is 5.71. The number of carbonyl (C=O) groups is 3. The highest BCUT2D eigenvalue weighted by Gasteiger charge is 2.30. The van der Waals surface area contributed by atoms with Crippen LogP contribution in [0.5, 0.6) is 0 Å². The molecule has 106 valence electrons. The summed E-state index contributed by atoms with van der Waals surface area (Å²) in [5.74, 6) is -2.02. The Morgan fingerprint density at radius 3 is 2.26 bits per heavy atom. The monoisotopic (exact) mass is 269 g/mol. The molecular formula is C12H20BNO5.